The summed E-state index contributed by atoms with van der Waals surface area (Å²) < 4.78 is 46.8. The standard InChI is InChI=1S/C24H17F3N4O2S/c1-13-6-5-8-15(10-13)20-29-21(33-30-20)19-14(2)18-22(34-19)28-12-31(23(18)32)11-16-7-3-4-9-17(16)24(25,26)27/h3-10,12H,11H2,1-2H3. The van der Waals surface area contributed by atoms with Crippen LogP contribution in [0.2, 0.25) is 0 Å². The normalized spacial score (nSPS) is 11.9. The first kappa shape index (κ1) is 22.0. The highest BCUT2D eigenvalue weighted by molar-refractivity contribution is 7.22. The summed E-state index contributed by atoms with van der Waals surface area (Å²) in [5.41, 5.74) is 1.23. The lowest BCUT2D eigenvalue weighted by Crippen LogP contribution is -2.22. The van der Waals surface area contributed by atoms with E-state index in [1.807, 2.05) is 31.2 Å². The molecule has 6 nitrogen and oxygen atoms in total. The number of benzene rings is 2. The van der Waals surface area contributed by atoms with Crippen molar-refractivity contribution in [2.24, 2.45) is 0 Å². The summed E-state index contributed by atoms with van der Waals surface area (Å²) in [6.07, 6.45) is -3.25. The average Bonchev–Trinajstić information content (AvgIpc) is 3.40. The highest BCUT2D eigenvalue weighted by Gasteiger charge is 2.33. The van der Waals surface area contributed by atoms with Gasteiger partial charge in [0, 0.05) is 5.56 Å². The predicted octanol–water partition coefficient (Wildman–Crippen LogP) is 5.86. The minimum atomic E-state index is -4.52. The van der Waals surface area contributed by atoms with Crippen molar-refractivity contribution < 1.29 is 17.7 Å². The van der Waals surface area contributed by atoms with Crippen LogP contribution in [0.3, 0.4) is 0 Å². The highest BCUT2D eigenvalue weighted by Crippen LogP contribution is 2.36. The highest BCUT2D eigenvalue weighted by atomic mass is 32.1. The third kappa shape index (κ3) is 3.90. The quantitative estimate of drug-likeness (QED) is 0.321. The monoisotopic (exact) mass is 482 g/mol. The minimum Gasteiger partial charge on any atom is -0.333 e. The summed E-state index contributed by atoms with van der Waals surface area (Å²) in [7, 11) is 0. The van der Waals surface area contributed by atoms with Crippen LogP contribution in [0.5, 0.6) is 0 Å². The Hall–Kier alpha value is -3.79. The van der Waals surface area contributed by atoms with E-state index in [0.29, 0.717) is 26.5 Å². The molecule has 2 aromatic carbocycles. The molecule has 172 valence electrons. The van der Waals surface area contributed by atoms with Crippen LogP contribution in [0.15, 0.2) is 64.2 Å². The zero-order valence-corrected chi connectivity index (χ0v) is 18.9. The van der Waals surface area contributed by atoms with Crippen molar-refractivity contribution in [2.75, 3.05) is 0 Å². The van der Waals surface area contributed by atoms with Gasteiger partial charge in [-0.1, -0.05) is 47.1 Å². The molecule has 10 heteroatoms. The third-order valence-corrected chi connectivity index (χ3v) is 6.67. The SMILES string of the molecule is Cc1cccc(-c2noc(-c3sc4ncn(Cc5ccccc5C(F)(F)F)c(=O)c4c3C)n2)c1. The van der Waals surface area contributed by atoms with E-state index in [2.05, 4.69) is 15.1 Å². The maximum atomic E-state index is 13.4. The van der Waals surface area contributed by atoms with Crippen molar-refractivity contribution in [3.05, 3.63) is 87.5 Å². The van der Waals surface area contributed by atoms with Gasteiger partial charge in [-0.2, -0.15) is 18.2 Å². The van der Waals surface area contributed by atoms with E-state index in [4.69, 9.17) is 4.52 Å². The Morgan fingerprint density at radius 1 is 1.09 bits per heavy atom. The fourth-order valence-electron chi connectivity index (χ4n) is 3.81. The second-order valence-corrected chi connectivity index (χ2v) is 8.86. The zero-order chi connectivity index (χ0) is 24.0. The van der Waals surface area contributed by atoms with Gasteiger partial charge in [0.25, 0.3) is 11.4 Å². The zero-order valence-electron chi connectivity index (χ0n) is 18.1. The van der Waals surface area contributed by atoms with Gasteiger partial charge in [-0.25, -0.2) is 4.98 Å². The van der Waals surface area contributed by atoms with Crippen molar-refractivity contribution in [3.8, 4) is 22.2 Å². The maximum absolute atomic E-state index is 13.4. The van der Waals surface area contributed by atoms with Gasteiger partial charge in [0.1, 0.15) is 4.83 Å². The second-order valence-electron chi connectivity index (χ2n) is 7.86. The number of nitrogens with zero attached hydrogens (tertiary/aromatic N) is 4. The predicted molar refractivity (Wildman–Crippen MR) is 123 cm³/mol. The molecule has 3 heterocycles. The number of aromatic nitrogens is 4. The first-order valence-electron chi connectivity index (χ1n) is 10.3. The van der Waals surface area contributed by atoms with Crippen molar-refractivity contribution in [1.29, 1.82) is 0 Å². The Morgan fingerprint density at radius 3 is 2.65 bits per heavy atom. The van der Waals surface area contributed by atoms with Gasteiger partial charge in [-0.05, 0) is 37.1 Å². The number of alkyl halides is 3. The van der Waals surface area contributed by atoms with E-state index in [1.165, 1.54) is 40.4 Å². The summed E-state index contributed by atoms with van der Waals surface area (Å²) in [5.74, 6) is 0.676. The lowest BCUT2D eigenvalue weighted by atomic mass is 10.1. The molecule has 0 aliphatic heterocycles. The summed E-state index contributed by atoms with van der Waals surface area (Å²) in [4.78, 5) is 23.1. The van der Waals surface area contributed by atoms with Crippen LogP contribution in [0.25, 0.3) is 32.4 Å². The Labute approximate surface area is 195 Å². The number of thiophene rings is 1. The number of aryl methyl sites for hydroxylation is 2. The van der Waals surface area contributed by atoms with Gasteiger partial charge in [0.2, 0.25) is 5.82 Å². The molecule has 0 saturated heterocycles. The van der Waals surface area contributed by atoms with Gasteiger partial charge >= 0.3 is 6.18 Å². The van der Waals surface area contributed by atoms with E-state index in [1.54, 1.807) is 6.92 Å². The van der Waals surface area contributed by atoms with E-state index in [-0.39, 0.29) is 18.0 Å². The van der Waals surface area contributed by atoms with Gasteiger partial charge < -0.3 is 4.52 Å². The molecule has 34 heavy (non-hydrogen) atoms. The minimum absolute atomic E-state index is 0.00828. The first-order valence-corrected chi connectivity index (χ1v) is 11.1. The van der Waals surface area contributed by atoms with E-state index < -0.39 is 17.3 Å². The van der Waals surface area contributed by atoms with Gasteiger partial charge in [-0.3, -0.25) is 9.36 Å². The molecule has 0 radical (unpaired) electrons. The molecular formula is C24H17F3N4O2S. The number of rotatable bonds is 4. The molecule has 0 unspecified atom stereocenters. The number of hydrogen-bond acceptors (Lipinski definition) is 6. The molecule has 5 rings (SSSR count). The fraction of sp³-hybridized carbons (Fsp3) is 0.167. The van der Waals surface area contributed by atoms with Crippen LogP contribution in [0.1, 0.15) is 22.3 Å². The first-order chi connectivity index (χ1) is 16.2. The van der Waals surface area contributed by atoms with Crippen LogP contribution in [0.4, 0.5) is 13.2 Å². The van der Waals surface area contributed by atoms with Crippen molar-refractivity contribution in [3.63, 3.8) is 0 Å². The van der Waals surface area contributed by atoms with Crippen LogP contribution in [0, 0.1) is 13.8 Å². The Balaban J connectivity index is 1.55. The van der Waals surface area contributed by atoms with Gasteiger partial charge in [-0.15, -0.1) is 11.3 Å². The van der Waals surface area contributed by atoms with Gasteiger partial charge in [0.15, 0.2) is 0 Å². The second kappa shape index (κ2) is 8.21. The number of halogens is 3. The molecule has 5 aromatic rings. The van der Waals surface area contributed by atoms with E-state index in [0.717, 1.165) is 17.2 Å². The molecule has 0 amide bonds. The average molecular weight is 482 g/mol. The maximum Gasteiger partial charge on any atom is 0.416 e. The summed E-state index contributed by atoms with van der Waals surface area (Å²) in [6, 6.07) is 12.9. The molecular weight excluding hydrogens is 465 g/mol. The Bertz CT molecular complexity index is 1580. The molecule has 0 aliphatic carbocycles. The van der Waals surface area contributed by atoms with Crippen LogP contribution >= 0.6 is 11.3 Å². The molecule has 0 atom stereocenters. The largest absolute Gasteiger partial charge is 0.416 e. The van der Waals surface area contributed by atoms with Crippen LogP contribution in [-0.2, 0) is 12.7 Å². The van der Waals surface area contributed by atoms with Crippen molar-refractivity contribution >= 4 is 21.6 Å². The van der Waals surface area contributed by atoms with Crippen LogP contribution in [-0.4, -0.2) is 19.7 Å². The molecule has 0 spiro atoms. The lowest BCUT2D eigenvalue weighted by molar-refractivity contribution is -0.138. The summed E-state index contributed by atoms with van der Waals surface area (Å²) in [6.45, 7) is 3.45. The molecule has 0 saturated carbocycles. The van der Waals surface area contributed by atoms with Gasteiger partial charge in [0.05, 0.1) is 28.7 Å². The van der Waals surface area contributed by atoms with Crippen LogP contribution < -0.4 is 5.56 Å². The fourth-order valence-corrected chi connectivity index (χ4v) is 4.87. The summed E-state index contributed by atoms with van der Waals surface area (Å²) >= 11 is 1.22. The molecule has 0 bridgehead atoms. The number of hydrogen-bond donors (Lipinski definition) is 0. The third-order valence-electron chi connectivity index (χ3n) is 5.48. The smallest absolute Gasteiger partial charge is 0.333 e. The summed E-state index contributed by atoms with van der Waals surface area (Å²) in [5, 5.41) is 4.38. The number of fused-ring (bicyclic) bond motifs is 1. The van der Waals surface area contributed by atoms with E-state index >= 15 is 0 Å². The molecule has 0 N–H and O–H groups in total. The molecule has 3 aromatic heterocycles. The van der Waals surface area contributed by atoms with E-state index in [9.17, 15) is 18.0 Å². The van der Waals surface area contributed by atoms with Crippen molar-refractivity contribution in [2.45, 2.75) is 26.6 Å². The topological polar surface area (TPSA) is 73.8 Å². The Kier molecular flexibility index (Phi) is 5.32. The van der Waals surface area contributed by atoms with Crippen molar-refractivity contribution in [1.82, 2.24) is 19.7 Å². The molecule has 0 fully saturated rings. The molecule has 0 aliphatic rings. The lowest BCUT2D eigenvalue weighted by Gasteiger charge is -2.13. The Morgan fingerprint density at radius 2 is 1.88 bits per heavy atom.